The van der Waals surface area contributed by atoms with Gasteiger partial charge >= 0.3 is 0 Å². The molecule has 16 heavy (non-hydrogen) atoms. The van der Waals surface area contributed by atoms with E-state index in [1.807, 2.05) is 31.2 Å². The summed E-state index contributed by atoms with van der Waals surface area (Å²) in [4.78, 5) is 14.1. The lowest BCUT2D eigenvalue weighted by Crippen LogP contribution is -2.15. The molecule has 0 atom stereocenters. The first-order valence-electron chi connectivity index (χ1n) is 5.19. The fourth-order valence-corrected chi connectivity index (χ4v) is 1.67. The third-order valence-electron chi connectivity index (χ3n) is 2.55. The molecule has 2 rings (SSSR count). The van der Waals surface area contributed by atoms with Crippen LogP contribution in [0.2, 0.25) is 0 Å². The molecule has 0 saturated carbocycles. The number of aryl methyl sites for hydroxylation is 1. The zero-order valence-corrected chi connectivity index (χ0v) is 9.16. The SMILES string of the molecule is Cc1cccc(-c2c[nH]c(=O)c(CN)c2)c1. The van der Waals surface area contributed by atoms with Gasteiger partial charge in [0.1, 0.15) is 0 Å². The van der Waals surface area contributed by atoms with Gasteiger partial charge in [-0.1, -0.05) is 29.8 Å². The topological polar surface area (TPSA) is 58.9 Å². The Bertz CT molecular complexity index is 558. The van der Waals surface area contributed by atoms with Gasteiger partial charge in [0, 0.05) is 18.3 Å². The lowest BCUT2D eigenvalue weighted by atomic mass is 10.0. The Kier molecular flexibility index (Phi) is 2.88. The van der Waals surface area contributed by atoms with Gasteiger partial charge in [-0.15, -0.1) is 0 Å². The number of nitrogens with one attached hydrogen (secondary N) is 1. The molecule has 1 heterocycles. The molecule has 3 heteroatoms. The van der Waals surface area contributed by atoms with Gasteiger partial charge in [-0.05, 0) is 24.1 Å². The first-order chi connectivity index (χ1) is 7.70. The lowest BCUT2D eigenvalue weighted by Gasteiger charge is -2.04. The van der Waals surface area contributed by atoms with Gasteiger partial charge in [-0.3, -0.25) is 4.79 Å². The van der Waals surface area contributed by atoms with Crippen molar-refractivity contribution in [3.05, 3.63) is 58.0 Å². The Balaban J connectivity index is 2.52. The smallest absolute Gasteiger partial charge is 0.252 e. The van der Waals surface area contributed by atoms with Crippen LogP contribution in [0.3, 0.4) is 0 Å². The van der Waals surface area contributed by atoms with Crippen LogP contribution in [0, 0.1) is 6.92 Å². The first-order valence-corrected chi connectivity index (χ1v) is 5.19. The molecule has 0 amide bonds. The molecule has 2 aromatic rings. The number of aromatic amines is 1. The minimum absolute atomic E-state index is 0.112. The van der Waals surface area contributed by atoms with E-state index in [1.165, 1.54) is 5.56 Å². The normalized spacial score (nSPS) is 10.4. The van der Waals surface area contributed by atoms with Crippen LogP contribution in [0.1, 0.15) is 11.1 Å². The average molecular weight is 214 g/mol. The highest BCUT2D eigenvalue weighted by Crippen LogP contribution is 2.19. The molecule has 0 radical (unpaired) electrons. The van der Waals surface area contributed by atoms with Crippen LogP contribution in [0.25, 0.3) is 11.1 Å². The zero-order valence-electron chi connectivity index (χ0n) is 9.16. The van der Waals surface area contributed by atoms with Crippen molar-refractivity contribution in [2.45, 2.75) is 13.5 Å². The standard InChI is InChI=1S/C13H14N2O/c1-9-3-2-4-10(5-9)12-6-11(7-14)13(16)15-8-12/h2-6,8H,7,14H2,1H3,(H,15,16). The van der Waals surface area contributed by atoms with Gasteiger partial charge in [-0.2, -0.15) is 0 Å². The van der Waals surface area contributed by atoms with E-state index in [-0.39, 0.29) is 12.1 Å². The summed E-state index contributed by atoms with van der Waals surface area (Å²) in [6, 6.07) is 9.97. The molecule has 3 N–H and O–H groups in total. The van der Waals surface area contributed by atoms with Crippen LogP contribution in [0.4, 0.5) is 0 Å². The van der Waals surface area contributed by atoms with Gasteiger partial charge in [-0.25, -0.2) is 0 Å². The van der Waals surface area contributed by atoms with Gasteiger partial charge in [0.25, 0.3) is 5.56 Å². The minimum Gasteiger partial charge on any atom is -0.328 e. The Labute approximate surface area is 93.9 Å². The Morgan fingerprint density at radius 3 is 2.75 bits per heavy atom. The van der Waals surface area contributed by atoms with Crippen LogP contribution < -0.4 is 11.3 Å². The van der Waals surface area contributed by atoms with Gasteiger partial charge in [0.05, 0.1) is 0 Å². The minimum atomic E-state index is -0.112. The van der Waals surface area contributed by atoms with Crippen LogP contribution in [-0.4, -0.2) is 4.98 Å². The molecule has 3 nitrogen and oxygen atoms in total. The van der Waals surface area contributed by atoms with Crippen molar-refractivity contribution in [3.63, 3.8) is 0 Å². The molecule has 0 aliphatic rings. The van der Waals surface area contributed by atoms with Gasteiger partial charge < -0.3 is 10.7 Å². The molecule has 0 bridgehead atoms. The van der Waals surface area contributed by atoms with Gasteiger partial charge in [0.15, 0.2) is 0 Å². The number of hydrogen-bond donors (Lipinski definition) is 2. The second-order valence-electron chi connectivity index (χ2n) is 3.82. The van der Waals surface area contributed by atoms with E-state index < -0.39 is 0 Å². The van der Waals surface area contributed by atoms with Crippen molar-refractivity contribution in [2.75, 3.05) is 0 Å². The molecule has 82 valence electrons. The van der Waals surface area contributed by atoms with E-state index in [0.29, 0.717) is 5.56 Å². The summed E-state index contributed by atoms with van der Waals surface area (Å²) in [6.07, 6.45) is 1.72. The van der Waals surface area contributed by atoms with E-state index in [9.17, 15) is 4.79 Å². The summed E-state index contributed by atoms with van der Waals surface area (Å²) < 4.78 is 0. The summed E-state index contributed by atoms with van der Waals surface area (Å²) in [5.41, 5.74) is 9.28. The third kappa shape index (κ3) is 2.04. The van der Waals surface area contributed by atoms with Crippen molar-refractivity contribution in [2.24, 2.45) is 5.73 Å². The first kappa shape index (κ1) is 10.6. The number of H-pyrrole nitrogens is 1. The largest absolute Gasteiger partial charge is 0.328 e. The fraction of sp³-hybridized carbons (Fsp3) is 0.154. The van der Waals surface area contributed by atoms with Crippen molar-refractivity contribution < 1.29 is 0 Å². The predicted octanol–water partition coefficient (Wildman–Crippen LogP) is 1.81. The van der Waals surface area contributed by atoms with Crippen molar-refractivity contribution in [1.82, 2.24) is 4.98 Å². The fourth-order valence-electron chi connectivity index (χ4n) is 1.67. The van der Waals surface area contributed by atoms with Crippen LogP contribution in [-0.2, 0) is 6.54 Å². The molecule has 1 aromatic carbocycles. The molecule has 1 aromatic heterocycles. The molecule has 0 unspecified atom stereocenters. The molecule has 0 aliphatic heterocycles. The second kappa shape index (κ2) is 4.33. The van der Waals surface area contributed by atoms with E-state index >= 15 is 0 Å². The number of aromatic nitrogens is 1. The quantitative estimate of drug-likeness (QED) is 0.801. The summed E-state index contributed by atoms with van der Waals surface area (Å²) in [5, 5.41) is 0. The monoisotopic (exact) mass is 214 g/mol. The highest BCUT2D eigenvalue weighted by atomic mass is 16.1. The summed E-state index contributed by atoms with van der Waals surface area (Å²) in [5.74, 6) is 0. The number of pyridine rings is 1. The molecular formula is C13H14N2O. The maximum atomic E-state index is 11.4. The van der Waals surface area contributed by atoms with Crippen molar-refractivity contribution in [3.8, 4) is 11.1 Å². The van der Waals surface area contributed by atoms with Crippen LogP contribution in [0.5, 0.6) is 0 Å². The highest BCUT2D eigenvalue weighted by molar-refractivity contribution is 5.63. The maximum Gasteiger partial charge on any atom is 0.252 e. The van der Waals surface area contributed by atoms with E-state index in [1.54, 1.807) is 6.20 Å². The molecule has 0 saturated heterocycles. The molecule has 0 aliphatic carbocycles. The summed E-state index contributed by atoms with van der Waals surface area (Å²) >= 11 is 0. The maximum absolute atomic E-state index is 11.4. The summed E-state index contributed by atoms with van der Waals surface area (Å²) in [6.45, 7) is 2.30. The van der Waals surface area contributed by atoms with Crippen LogP contribution >= 0.6 is 0 Å². The molecule has 0 spiro atoms. The molecular weight excluding hydrogens is 200 g/mol. The Morgan fingerprint density at radius 2 is 2.06 bits per heavy atom. The lowest BCUT2D eigenvalue weighted by molar-refractivity contribution is 1.02. The highest BCUT2D eigenvalue weighted by Gasteiger charge is 2.02. The van der Waals surface area contributed by atoms with E-state index in [0.717, 1.165) is 11.1 Å². The van der Waals surface area contributed by atoms with E-state index in [2.05, 4.69) is 11.1 Å². The third-order valence-corrected chi connectivity index (χ3v) is 2.55. The summed E-state index contributed by atoms with van der Waals surface area (Å²) in [7, 11) is 0. The average Bonchev–Trinajstić information content (AvgIpc) is 2.29. The number of nitrogens with two attached hydrogens (primary N) is 1. The van der Waals surface area contributed by atoms with Gasteiger partial charge in [0.2, 0.25) is 0 Å². The molecule has 0 fully saturated rings. The van der Waals surface area contributed by atoms with Crippen LogP contribution in [0.15, 0.2) is 41.3 Å². The number of benzene rings is 1. The predicted molar refractivity (Wildman–Crippen MR) is 65.1 cm³/mol. The zero-order chi connectivity index (χ0) is 11.5. The van der Waals surface area contributed by atoms with Crippen molar-refractivity contribution >= 4 is 0 Å². The van der Waals surface area contributed by atoms with E-state index in [4.69, 9.17) is 5.73 Å². The Morgan fingerprint density at radius 1 is 1.25 bits per heavy atom. The Hall–Kier alpha value is -1.87. The number of rotatable bonds is 2. The second-order valence-corrected chi connectivity index (χ2v) is 3.82. The number of hydrogen-bond acceptors (Lipinski definition) is 2. The van der Waals surface area contributed by atoms with Crippen molar-refractivity contribution in [1.29, 1.82) is 0 Å².